The molecule has 0 saturated carbocycles. The zero-order valence-electron chi connectivity index (χ0n) is 17.5. The molecule has 2 heterocycles. The number of aliphatic hydroxyl groups excluding tert-OH is 1. The van der Waals surface area contributed by atoms with Crippen molar-refractivity contribution in [3.8, 4) is 11.5 Å². The normalized spacial score (nSPS) is 19.5. The fourth-order valence-corrected chi connectivity index (χ4v) is 4.28. The molecule has 1 aromatic carbocycles. The number of β-amino-alcohol motifs (C(OH)–C–C–N with tert-alkyl or cyclic N) is 1. The van der Waals surface area contributed by atoms with Crippen molar-refractivity contribution in [2.45, 2.75) is 18.8 Å². The SMILES string of the molecule is COc1ccc(C2CC(=O)c3cnc(N4CCN(CCO)CC4)nc3C2)c(OC)c1. The van der Waals surface area contributed by atoms with Gasteiger partial charge in [0, 0.05) is 57.3 Å². The van der Waals surface area contributed by atoms with E-state index in [2.05, 4.69) is 14.8 Å². The second-order valence-electron chi connectivity index (χ2n) is 7.72. The summed E-state index contributed by atoms with van der Waals surface area (Å²) in [6, 6.07) is 5.73. The number of piperazine rings is 1. The van der Waals surface area contributed by atoms with Gasteiger partial charge in [0.25, 0.3) is 0 Å². The molecule has 30 heavy (non-hydrogen) atoms. The monoisotopic (exact) mass is 412 g/mol. The van der Waals surface area contributed by atoms with Crippen LogP contribution in [0, 0.1) is 0 Å². The van der Waals surface area contributed by atoms with Crippen molar-refractivity contribution in [3.05, 3.63) is 41.2 Å². The van der Waals surface area contributed by atoms with Crippen LogP contribution >= 0.6 is 0 Å². The average Bonchev–Trinajstić information content (AvgIpc) is 2.79. The van der Waals surface area contributed by atoms with Crippen molar-refractivity contribution in [3.63, 3.8) is 0 Å². The quantitative estimate of drug-likeness (QED) is 0.764. The Morgan fingerprint density at radius 3 is 2.63 bits per heavy atom. The minimum absolute atomic E-state index is 0.00927. The Kier molecular flexibility index (Phi) is 6.15. The third-order valence-corrected chi connectivity index (χ3v) is 5.98. The van der Waals surface area contributed by atoms with Gasteiger partial charge in [0.15, 0.2) is 5.78 Å². The van der Waals surface area contributed by atoms with E-state index in [1.54, 1.807) is 20.4 Å². The average molecular weight is 412 g/mol. The number of rotatable bonds is 6. The Morgan fingerprint density at radius 2 is 1.93 bits per heavy atom. The lowest BCUT2D eigenvalue weighted by atomic mass is 9.82. The first kappa shape index (κ1) is 20.6. The molecule has 1 unspecified atom stereocenters. The van der Waals surface area contributed by atoms with Crippen LogP contribution in [-0.2, 0) is 6.42 Å². The van der Waals surface area contributed by atoms with E-state index >= 15 is 0 Å². The first-order valence-electron chi connectivity index (χ1n) is 10.3. The van der Waals surface area contributed by atoms with Gasteiger partial charge < -0.3 is 19.5 Å². The van der Waals surface area contributed by atoms with E-state index in [1.807, 2.05) is 18.2 Å². The van der Waals surface area contributed by atoms with Crippen LogP contribution in [0.3, 0.4) is 0 Å². The molecule has 1 aliphatic carbocycles. The smallest absolute Gasteiger partial charge is 0.225 e. The molecule has 0 amide bonds. The van der Waals surface area contributed by atoms with Gasteiger partial charge >= 0.3 is 0 Å². The number of aliphatic hydroxyl groups is 1. The molecule has 1 aromatic heterocycles. The van der Waals surface area contributed by atoms with Crippen LogP contribution in [0.2, 0.25) is 0 Å². The predicted molar refractivity (Wildman–Crippen MR) is 113 cm³/mol. The van der Waals surface area contributed by atoms with E-state index in [1.165, 1.54) is 0 Å². The molecule has 2 aliphatic rings. The lowest BCUT2D eigenvalue weighted by Crippen LogP contribution is -2.47. The number of ether oxygens (including phenoxy) is 2. The third kappa shape index (κ3) is 4.11. The molecule has 1 fully saturated rings. The standard InChI is InChI=1S/C22H28N4O4/c1-29-16-3-4-17(21(13-16)30-2)15-11-19-18(20(28)12-15)14-23-22(24-19)26-7-5-25(6-8-26)9-10-27/h3-4,13-15,27H,5-12H2,1-2H3. The van der Waals surface area contributed by atoms with E-state index in [4.69, 9.17) is 19.6 Å². The lowest BCUT2D eigenvalue weighted by Gasteiger charge is -2.34. The van der Waals surface area contributed by atoms with Gasteiger partial charge in [-0.15, -0.1) is 0 Å². The van der Waals surface area contributed by atoms with Gasteiger partial charge in [-0.05, 0) is 18.1 Å². The summed E-state index contributed by atoms with van der Waals surface area (Å²) in [5, 5.41) is 9.12. The van der Waals surface area contributed by atoms with E-state index in [0.717, 1.165) is 48.9 Å². The molecule has 1 atom stereocenters. The van der Waals surface area contributed by atoms with E-state index in [0.29, 0.717) is 30.9 Å². The molecule has 160 valence electrons. The Labute approximate surface area is 176 Å². The minimum Gasteiger partial charge on any atom is -0.497 e. The van der Waals surface area contributed by atoms with Gasteiger partial charge in [-0.3, -0.25) is 9.69 Å². The summed E-state index contributed by atoms with van der Waals surface area (Å²) in [6.07, 6.45) is 2.77. The number of benzene rings is 1. The molecular formula is C22H28N4O4. The molecule has 0 bridgehead atoms. The second-order valence-corrected chi connectivity index (χ2v) is 7.72. The van der Waals surface area contributed by atoms with Gasteiger partial charge in [0.05, 0.1) is 32.1 Å². The highest BCUT2D eigenvalue weighted by Crippen LogP contribution is 2.38. The molecule has 0 spiro atoms. The van der Waals surface area contributed by atoms with Crippen LogP contribution in [0.15, 0.2) is 24.4 Å². The molecule has 8 nitrogen and oxygen atoms in total. The highest BCUT2D eigenvalue weighted by Gasteiger charge is 2.31. The maximum Gasteiger partial charge on any atom is 0.225 e. The van der Waals surface area contributed by atoms with E-state index in [-0.39, 0.29) is 18.3 Å². The Bertz CT molecular complexity index is 912. The second kappa shape index (κ2) is 8.97. The maximum atomic E-state index is 12.8. The van der Waals surface area contributed by atoms with Gasteiger partial charge in [-0.2, -0.15) is 0 Å². The van der Waals surface area contributed by atoms with Crippen LogP contribution in [0.1, 0.15) is 34.0 Å². The van der Waals surface area contributed by atoms with E-state index in [9.17, 15) is 4.79 Å². The van der Waals surface area contributed by atoms with Crippen LogP contribution in [0.5, 0.6) is 11.5 Å². The number of methoxy groups -OCH3 is 2. The first-order valence-corrected chi connectivity index (χ1v) is 10.3. The lowest BCUT2D eigenvalue weighted by molar-refractivity contribution is 0.0962. The zero-order valence-corrected chi connectivity index (χ0v) is 17.5. The maximum absolute atomic E-state index is 12.8. The number of hydrogen-bond donors (Lipinski definition) is 1. The van der Waals surface area contributed by atoms with Gasteiger partial charge in [0.1, 0.15) is 11.5 Å². The number of nitrogens with zero attached hydrogens (tertiary/aromatic N) is 4. The number of anilines is 1. The van der Waals surface area contributed by atoms with Crippen LogP contribution in [0.25, 0.3) is 0 Å². The third-order valence-electron chi connectivity index (χ3n) is 5.98. The number of carbonyl (C=O) groups excluding carboxylic acids is 1. The molecule has 1 N–H and O–H groups in total. The molecule has 4 rings (SSSR count). The van der Waals surface area contributed by atoms with Crippen LogP contribution in [0.4, 0.5) is 5.95 Å². The fraction of sp³-hybridized carbons (Fsp3) is 0.500. The van der Waals surface area contributed by atoms with Crippen molar-refractivity contribution in [1.29, 1.82) is 0 Å². The minimum atomic E-state index is 0.00927. The molecule has 1 aliphatic heterocycles. The van der Waals surface area contributed by atoms with Crippen LogP contribution in [-0.4, -0.2) is 79.3 Å². The van der Waals surface area contributed by atoms with Crippen molar-refractivity contribution >= 4 is 11.7 Å². The summed E-state index contributed by atoms with van der Waals surface area (Å²) < 4.78 is 10.9. The summed E-state index contributed by atoms with van der Waals surface area (Å²) in [5.74, 6) is 2.20. The summed E-state index contributed by atoms with van der Waals surface area (Å²) in [4.78, 5) is 26.4. The summed E-state index contributed by atoms with van der Waals surface area (Å²) in [5.41, 5.74) is 2.42. The van der Waals surface area contributed by atoms with Gasteiger partial charge in [-0.25, -0.2) is 9.97 Å². The number of ketones is 1. The molecule has 8 heteroatoms. The number of Topliss-reactive ketones (excluding diaryl/α,β-unsaturated/α-hetero) is 1. The summed E-state index contributed by atoms with van der Waals surface area (Å²) in [6.45, 7) is 4.22. The Balaban J connectivity index is 1.55. The van der Waals surface area contributed by atoms with Gasteiger partial charge in [0.2, 0.25) is 5.95 Å². The predicted octanol–water partition coefficient (Wildman–Crippen LogP) is 1.52. The highest BCUT2D eigenvalue weighted by atomic mass is 16.5. The summed E-state index contributed by atoms with van der Waals surface area (Å²) in [7, 11) is 3.25. The highest BCUT2D eigenvalue weighted by molar-refractivity contribution is 5.98. The number of aromatic nitrogens is 2. The zero-order chi connectivity index (χ0) is 21.1. The van der Waals surface area contributed by atoms with Crippen LogP contribution < -0.4 is 14.4 Å². The first-order chi connectivity index (χ1) is 14.6. The Morgan fingerprint density at radius 1 is 1.13 bits per heavy atom. The number of carbonyl (C=O) groups is 1. The topological polar surface area (TPSA) is 88.0 Å². The van der Waals surface area contributed by atoms with Gasteiger partial charge in [-0.1, -0.05) is 6.07 Å². The fourth-order valence-electron chi connectivity index (χ4n) is 4.28. The van der Waals surface area contributed by atoms with Crippen molar-refractivity contribution in [1.82, 2.24) is 14.9 Å². The van der Waals surface area contributed by atoms with E-state index < -0.39 is 0 Å². The molecule has 0 radical (unpaired) electrons. The van der Waals surface area contributed by atoms with Crippen molar-refractivity contribution < 1.29 is 19.4 Å². The van der Waals surface area contributed by atoms with Crippen molar-refractivity contribution in [2.24, 2.45) is 0 Å². The largest absolute Gasteiger partial charge is 0.497 e. The Hall–Kier alpha value is -2.71. The molecule has 2 aromatic rings. The molecular weight excluding hydrogens is 384 g/mol. The van der Waals surface area contributed by atoms with Crippen molar-refractivity contribution in [2.75, 3.05) is 58.5 Å². The number of fused-ring (bicyclic) bond motifs is 1. The summed E-state index contributed by atoms with van der Waals surface area (Å²) >= 11 is 0. The number of hydrogen-bond acceptors (Lipinski definition) is 8. The molecule has 1 saturated heterocycles.